The van der Waals surface area contributed by atoms with Crippen LogP contribution in [0.2, 0.25) is 0 Å². The van der Waals surface area contributed by atoms with Gasteiger partial charge in [0.2, 0.25) is 10.0 Å². The van der Waals surface area contributed by atoms with Gasteiger partial charge < -0.3 is 19.8 Å². The molecule has 0 fully saturated rings. The highest BCUT2D eigenvalue weighted by Crippen LogP contribution is 2.35. The lowest BCUT2D eigenvalue weighted by Crippen LogP contribution is -2.34. The van der Waals surface area contributed by atoms with Gasteiger partial charge in [0, 0.05) is 29.5 Å². The summed E-state index contributed by atoms with van der Waals surface area (Å²) in [6.07, 6.45) is 0. The molecule has 1 amide bonds. The molecule has 152 valence electrons. The fourth-order valence-corrected chi connectivity index (χ4v) is 3.51. The van der Waals surface area contributed by atoms with Crippen molar-refractivity contribution in [3.05, 3.63) is 47.8 Å². The van der Waals surface area contributed by atoms with Crippen LogP contribution in [0.5, 0.6) is 0 Å². The number of hydrogen-bond donors (Lipinski definition) is 4. The van der Waals surface area contributed by atoms with E-state index in [0.29, 0.717) is 5.56 Å². The van der Waals surface area contributed by atoms with Crippen molar-refractivity contribution in [1.82, 2.24) is 5.32 Å². The third-order valence-electron chi connectivity index (χ3n) is 4.34. The van der Waals surface area contributed by atoms with Crippen LogP contribution in [-0.4, -0.2) is 44.3 Å². The molecular weight excluding hydrogens is 402 g/mol. The number of sulfonamides is 1. The van der Waals surface area contributed by atoms with E-state index in [1.54, 1.807) is 0 Å². The summed E-state index contributed by atoms with van der Waals surface area (Å²) in [5, 5.41) is 22.2. The van der Waals surface area contributed by atoms with Gasteiger partial charge in [-0.1, -0.05) is 0 Å². The lowest BCUT2D eigenvalue weighted by atomic mass is 9.78. The molecule has 1 heterocycles. The Balaban J connectivity index is 2.31. The first-order valence-corrected chi connectivity index (χ1v) is 10.3. The molecule has 0 aliphatic carbocycles. The second-order valence-electron chi connectivity index (χ2n) is 6.21. The Bertz CT molecular complexity index is 1180. The van der Waals surface area contributed by atoms with Gasteiger partial charge in [-0.2, -0.15) is 0 Å². The van der Waals surface area contributed by atoms with Crippen molar-refractivity contribution in [2.75, 3.05) is 17.5 Å². The van der Waals surface area contributed by atoms with E-state index < -0.39 is 28.9 Å². The van der Waals surface area contributed by atoms with Gasteiger partial charge in [-0.25, -0.2) is 12.8 Å². The zero-order chi connectivity index (χ0) is 21.3. The quantitative estimate of drug-likeness (QED) is 0.441. The first-order valence-electron chi connectivity index (χ1n) is 8.62. The Kier molecular flexibility index (Phi) is 5.65. The summed E-state index contributed by atoms with van der Waals surface area (Å²) in [4.78, 5) is 12.5. The number of rotatable bonds is 6. The summed E-state index contributed by atoms with van der Waals surface area (Å²) in [5.41, 5.74) is 0.424. The summed E-state index contributed by atoms with van der Waals surface area (Å²) in [7, 11) is -4.30. The zero-order valence-corrected chi connectivity index (χ0v) is 16.4. The zero-order valence-electron chi connectivity index (χ0n) is 15.6. The van der Waals surface area contributed by atoms with Gasteiger partial charge in [0.05, 0.1) is 17.0 Å². The van der Waals surface area contributed by atoms with E-state index >= 15 is 0 Å². The van der Waals surface area contributed by atoms with Crippen LogP contribution in [0.1, 0.15) is 17.3 Å². The van der Waals surface area contributed by atoms with Crippen LogP contribution >= 0.6 is 0 Å². The molecule has 0 saturated carbocycles. The molecule has 29 heavy (non-hydrogen) atoms. The van der Waals surface area contributed by atoms with E-state index in [4.69, 9.17) is 4.42 Å². The van der Waals surface area contributed by atoms with Crippen molar-refractivity contribution in [2.24, 2.45) is 0 Å². The van der Waals surface area contributed by atoms with Crippen LogP contribution < -0.4 is 15.5 Å². The molecule has 0 aliphatic heterocycles. The summed E-state index contributed by atoms with van der Waals surface area (Å²) in [6.45, 7) is 1.43. The van der Waals surface area contributed by atoms with E-state index in [2.05, 4.69) is 10.0 Å². The molecule has 0 unspecified atom stereocenters. The van der Waals surface area contributed by atoms with Crippen LogP contribution in [0.15, 0.2) is 40.8 Å². The minimum atomic E-state index is -3.71. The fourth-order valence-electron chi connectivity index (χ4n) is 2.86. The van der Waals surface area contributed by atoms with Crippen LogP contribution in [0.4, 0.5) is 10.1 Å². The second-order valence-corrected chi connectivity index (χ2v) is 8.22. The fraction of sp³-hybridized carbons (Fsp3) is 0.167. The Morgan fingerprint density at radius 1 is 1.21 bits per heavy atom. The summed E-state index contributed by atoms with van der Waals surface area (Å²) in [5.74, 6) is -1.07. The van der Waals surface area contributed by atoms with Crippen molar-refractivity contribution in [3.63, 3.8) is 0 Å². The van der Waals surface area contributed by atoms with Gasteiger partial charge in [-0.3, -0.25) is 9.52 Å². The Morgan fingerprint density at radius 2 is 1.86 bits per heavy atom. The number of halogens is 1. The normalized spacial score (nSPS) is 11.5. The van der Waals surface area contributed by atoms with E-state index in [1.165, 1.54) is 50.4 Å². The maximum Gasteiger partial charge on any atom is 0.490 e. The average Bonchev–Trinajstić information content (AvgIpc) is 3.05. The lowest BCUT2D eigenvalue weighted by Gasteiger charge is -2.11. The predicted molar refractivity (Wildman–Crippen MR) is 108 cm³/mol. The third kappa shape index (κ3) is 4.11. The van der Waals surface area contributed by atoms with Crippen molar-refractivity contribution in [2.45, 2.75) is 6.92 Å². The van der Waals surface area contributed by atoms with Crippen molar-refractivity contribution in [1.29, 1.82) is 0 Å². The number of amides is 1. The molecule has 3 rings (SSSR count). The highest BCUT2D eigenvalue weighted by Gasteiger charge is 2.26. The highest BCUT2D eigenvalue weighted by molar-refractivity contribution is 7.92. The molecule has 2 aromatic carbocycles. The molecule has 0 spiro atoms. The lowest BCUT2D eigenvalue weighted by molar-refractivity contribution is 0.0964. The molecule has 3 aromatic rings. The molecule has 1 aromatic heterocycles. The van der Waals surface area contributed by atoms with Gasteiger partial charge >= 0.3 is 7.12 Å². The van der Waals surface area contributed by atoms with Crippen molar-refractivity contribution < 1.29 is 32.1 Å². The standard InChI is InChI=1S/C18H18BFN2O6S/c1-3-29(26,27)22-14-9-15-12(8-13(14)19(24)25)16(18(23)21-2)17(28-15)10-4-6-11(20)7-5-10/h4-9,22,24-25H,3H2,1-2H3,(H,21,23). The number of furan rings is 1. The van der Waals surface area contributed by atoms with E-state index in [1.807, 2.05) is 0 Å². The van der Waals surface area contributed by atoms with E-state index in [-0.39, 0.29) is 39.2 Å². The van der Waals surface area contributed by atoms with Crippen LogP contribution in [0, 0.1) is 5.82 Å². The second kappa shape index (κ2) is 7.86. The predicted octanol–water partition coefficient (Wildman–Crippen LogP) is 1.04. The van der Waals surface area contributed by atoms with Gasteiger partial charge in [0.1, 0.15) is 17.2 Å². The van der Waals surface area contributed by atoms with Crippen LogP contribution in [0.25, 0.3) is 22.3 Å². The number of benzene rings is 2. The number of hydrogen-bond acceptors (Lipinski definition) is 6. The van der Waals surface area contributed by atoms with Gasteiger partial charge in [0.25, 0.3) is 5.91 Å². The first-order chi connectivity index (χ1) is 13.7. The molecule has 0 bridgehead atoms. The van der Waals surface area contributed by atoms with Crippen molar-refractivity contribution in [3.8, 4) is 11.3 Å². The third-order valence-corrected chi connectivity index (χ3v) is 5.64. The molecule has 11 heteroatoms. The highest BCUT2D eigenvalue weighted by atomic mass is 32.2. The number of fused-ring (bicyclic) bond motifs is 1. The van der Waals surface area contributed by atoms with Gasteiger partial charge in [0.15, 0.2) is 0 Å². The maximum absolute atomic E-state index is 13.3. The average molecular weight is 420 g/mol. The van der Waals surface area contributed by atoms with Crippen molar-refractivity contribution >= 4 is 45.2 Å². The topological polar surface area (TPSA) is 129 Å². The summed E-state index contributed by atoms with van der Waals surface area (Å²) in [6, 6.07) is 7.83. The van der Waals surface area contributed by atoms with Crippen LogP contribution in [-0.2, 0) is 10.0 Å². The number of anilines is 1. The van der Waals surface area contributed by atoms with E-state index in [0.717, 1.165) is 0 Å². The summed E-state index contributed by atoms with van der Waals surface area (Å²) >= 11 is 0. The molecule has 0 saturated heterocycles. The number of nitrogens with one attached hydrogen (secondary N) is 2. The minimum Gasteiger partial charge on any atom is -0.455 e. The smallest absolute Gasteiger partial charge is 0.455 e. The molecule has 4 N–H and O–H groups in total. The monoisotopic (exact) mass is 420 g/mol. The summed E-state index contributed by atoms with van der Waals surface area (Å²) < 4.78 is 45.3. The largest absolute Gasteiger partial charge is 0.490 e. The Morgan fingerprint density at radius 3 is 2.41 bits per heavy atom. The Labute approximate surface area is 166 Å². The number of carbonyl (C=O) groups is 1. The molecule has 8 nitrogen and oxygen atoms in total. The molecule has 0 aliphatic rings. The Hall–Kier alpha value is -2.89. The van der Waals surface area contributed by atoms with Gasteiger partial charge in [-0.05, 0) is 37.3 Å². The molecular formula is C18H18BFN2O6S. The first kappa shape index (κ1) is 20.8. The van der Waals surface area contributed by atoms with Gasteiger partial charge in [-0.15, -0.1) is 0 Å². The maximum atomic E-state index is 13.3. The van der Waals surface area contributed by atoms with Crippen LogP contribution in [0.3, 0.4) is 0 Å². The SMILES string of the molecule is CCS(=O)(=O)Nc1cc2oc(-c3ccc(F)cc3)c(C(=O)NC)c2cc1B(O)O. The molecule has 0 radical (unpaired) electrons. The minimum absolute atomic E-state index is 0.0859. The molecule has 0 atom stereocenters. The number of carbonyl (C=O) groups excluding carboxylic acids is 1. The van der Waals surface area contributed by atoms with E-state index in [9.17, 15) is 27.7 Å².